The van der Waals surface area contributed by atoms with Crippen molar-refractivity contribution in [2.24, 2.45) is 5.92 Å². The Morgan fingerprint density at radius 3 is 2.82 bits per heavy atom. The summed E-state index contributed by atoms with van der Waals surface area (Å²) in [6, 6.07) is 6.34. The number of nitrogens with zero attached hydrogens (tertiary/aromatic N) is 1. The Balaban J connectivity index is 1.53. The van der Waals surface area contributed by atoms with Gasteiger partial charge in [-0.1, -0.05) is 25.0 Å². The van der Waals surface area contributed by atoms with Gasteiger partial charge in [-0.2, -0.15) is 0 Å². The van der Waals surface area contributed by atoms with Gasteiger partial charge in [0, 0.05) is 25.4 Å². The number of benzene rings is 1. The lowest BCUT2D eigenvalue weighted by atomic mass is 9.71. The Morgan fingerprint density at radius 2 is 2.05 bits per heavy atom. The minimum Gasteiger partial charge on any atom is -0.389 e. The second kappa shape index (κ2) is 6.37. The monoisotopic (exact) mass is 305 g/mol. The average molecular weight is 305 g/mol. The molecule has 3 rings (SSSR count). The number of rotatable bonds is 3. The molecule has 1 aliphatic heterocycles. The van der Waals surface area contributed by atoms with E-state index in [2.05, 4.69) is 0 Å². The fraction of sp³-hybridized carbons (Fsp3) is 0.611. The van der Waals surface area contributed by atoms with Gasteiger partial charge in [0.15, 0.2) is 0 Å². The van der Waals surface area contributed by atoms with Gasteiger partial charge in [-0.15, -0.1) is 0 Å². The van der Waals surface area contributed by atoms with Crippen molar-refractivity contribution >= 4 is 5.91 Å². The molecule has 0 unspecified atom stereocenters. The van der Waals surface area contributed by atoms with Crippen LogP contribution in [-0.2, 0) is 11.2 Å². The van der Waals surface area contributed by atoms with E-state index in [0.29, 0.717) is 32.4 Å². The molecule has 22 heavy (non-hydrogen) atoms. The number of fused-ring (bicyclic) bond motifs is 1. The third-order valence-corrected chi connectivity index (χ3v) is 5.32. The number of aliphatic hydroxyl groups is 1. The maximum Gasteiger partial charge on any atom is 0.222 e. The summed E-state index contributed by atoms with van der Waals surface area (Å²) in [5.74, 6) is 0.143. The molecular weight excluding hydrogens is 281 g/mol. The average Bonchev–Trinajstić information content (AvgIpc) is 2.53. The van der Waals surface area contributed by atoms with E-state index in [1.807, 2.05) is 4.90 Å². The van der Waals surface area contributed by atoms with Gasteiger partial charge in [-0.25, -0.2) is 4.39 Å². The molecule has 1 saturated heterocycles. The lowest BCUT2D eigenvalue weighted by Gasteiger charge is -2.47. The van der Waals surface area contributed by atoms with Crippen molar-refractivity contribution in [2.45, 2.75) is 50.5 Å². The van der Waals surface area contributed by atoms with E-state index in [9.17, 15) is 14.3 Å². The Hall–Kier alpha value is -1.42. The lowest BCUT2D eigenvalue weighted by Crippen LogP contribution is -2.54. The molecule has 3 nitrogen and oxygen atoms in total. The molecule has 2 atom stereocenters. The van der Waals surface area contributed by atoms with E-state index in [1.54, 1.807) is 12.1 Å². The molecule has 0 radical (unpaired) electrons. The van der Waals surface area contributed by atoms with Crippen LogP contribution in [-0.4, -0.2) is 34.6 Å². The maximum atomic E-state index is 12.9. The summed E-state index contributed by atoms with van der Waals surface area (Å²) in [4.78, 5) is 14.3. The van der Waals surface area contributed by atoms with Crippen LogP contribution in [0.3, 0.4) is 0 Å². The zero-order valence-corrected chi connectivity index (χ0v) is 12.9. The fourth-order valence-corrected chi connectivity index (χ4v) is 3.86. The summed E-state index contributed by atoms with van der Waals surface area (Å²) in [6.45, 7) is 1.36. The van der Waals surface area contributed by atoms with Crippen molar-refractivity contribution in [3.05, 3.63) is 35.6 Å². The highest BCUT2D eigenvalue weighted by Gasteiger charge is 2.43. The van der Waals surface area contributed by atoms with Gasteiger partial charge in [0.1, 0.15) is 5.82 Å². The van der Waals surface area contributed by atoms with Crippen LogP contribution in [0.15, 0.2) is 24.3 Å². The number of halogens is 1. The first-order chi connectivity index (χ1) is 10.6. The van der Waals surface area contributed by atoms with Crippen LogP contribution in [0.4, 0.5) is 4.39 Å². The summed E-state index contributed by atoms with van der Waals surface area (Å²) in [7, 11) is 0. The zero-order chi connectivity index (χ0) is 15.6. The first-order valence-corrected chi connectivity index (χ1v) is 8.31. The largest absolute Gasteiger partial charge is 0.389 e. The first kappa shape index (κ1) is 15.5. The smallest absolute Gasteiger partial charge is 0.222 e. The Morgan fingerprint density at radius 1 is 1.27 bits per heavy atom. The molecule has 1 aromatic carbocycles. The van der Waals surface area contributed by atoms with E-state index >= 15 is 0 Å². The molecule has 1 aromatic rings. The first-order valence-electron chi connectivity index (χ1n) is 8.31. The number of likely N-dealkylation sites (tertiary alicyclic amines) is 1. The molecule has 1 aliphatic carbocycles. The second-order valence-electron chi connectivity index (χ2n) is 6.76. The van der Waals surface area contributed by atoms with Gasteiger partial charge in [0.05, 0.1) is 5.60 Å². The van der Waals surface area contributed by atoms with E-state index in [1.165, 1.54) is 12.1 Å². The van der Waals surface area contributed by atoms with Gasteiger partial charge >= 0.3 is 0 Å². The Bertz CT molecular complexity index is 530. The highest BCUT2D eigenvalue weighted by Crippen LogP contribution is 2.39. The summed E-state index contributed by atoms with van der Waals surface area (Å²) in [5.41, 5.74) is 0.451. The maximum absolute atomic E-state index is 12.9. The summed E-state index contributed by atoms with van der Waals surface area (Å²) >= 11 is 0. The quantitative estimate of drug-likeness (QED) is 0.933. The van der Waals surface area contributed by atoms with Crippen LogP contribution in [0.1, 0.15) is 44.1 Å². The highest BCUT2D eigenvalue weighted by molar-refractivity contribution is 5.76. The molecule has 1 N–H and O–H groups in total. The number of aryl methyl sites for hydroxylation is 1. The number of hydrogen-bond acceptors (Lipinski definition) is 2. The summed E-state index contributed by atoms with van der Waals surface area (Å²) < 4.78 is 12.9. The van der Waals surface area contributed by atoms with Gasteiger partial charge < -0.3 is 10.0 Å². The van der Waals surface area contributed by atoms with Crippen LogP contribution in [0, 0.1) is 11.7 Å². The van der Waals surface area contributed by atoms with Crippen LogP contribution in [0.25, 0.3) is 0 Å². The number of amides is 1. The third kappa shape index (κ3) is 3.32. The van der Waals surface area contributed by atoms with Crippen molar-refractivity contribution in [1.82, 2.24) is 4.90 Å². The van der Waals surface area contributed by atoms with Crippen molar-refractivity contribution in [1.29, 1.82) is 0 Å². The minimum atomic E-state index is -0.536. The van der Waals surface area contributed by atoms with E-state index in [0.717, 1.165) is 31.2 Å². The molecule has 120 valence electrons. The third-order valence-electron chi connectivity index (χ3n) is 5.32. The predicted molar refractivity (Wildman–Crippen MR) is 82.8 cm³/mol. The van der Waals surface area contributed by atoms with Gasteiger partial charge in [-0.3, -0.25) is 4.79 Å². The molecule has 1 heterocycles. The Kier molecular flexibility index (Phi) is 4.48. The van der Waals surface area contributed by atoms with Gasteiger partial charge in [-0.05, 0) is 43.4 Å². The highest BCUT2D eigenvalue weighted by atomic mass is 19.1. The number of carbonyl (C=O) groups is 1. The zero-order valence-electron chi connectivity index (χ0n) is 12.9. The normalized spacial score (nSPS) is 28.3. The number of carbonyl (C=O) groups excluding carboxylic acids is 1. The molecule has 2 aliphatic rings. The van der Waals surface area contributed by atoms with Crippen LogP contribution in [0.5, 0.6) is 0 Å². The molecule has 0 aromatic heterocycles. The predicted octanol–water partition coefficient (Wildman–Crippen LogP) is 2.91. The topological polar surface area (TPSA) is 40.5 Å². The molecular formula is C18H24FNO2. The van der Waals surface area contributed by atoms with E-state index in [-0.39, 0.29) is 17.6 Å². The van der Waals surface area contributed by atoms with Crippen molar-refractivity contribution < 1.29 is 14.3 Å². The van der Waals surface area contributed by atoms with Crippen molar-refractivity contribution in [3.63, 3.8) is 0 Å². The van der Waals surface area contributed by atoms with Crippen LogP contribution >= 0.6 is 0 Å². The van der Waals surface area contributed by atoms with Crippen LogP contribution in [0.2, 0.25) is 0 Å². The van der Waals surface area contributed by atoms with Crippen LogP contribution < -0.4 is 0 Å². The number of hydrogen-bond donors (Lipinski definition) is 1. The Labute approximate surface area is 131 Å². The minimum absolute atomic E-state index is 0.150. The molecule has 1 saturated carbocycles. The molecule has 2 fully saturated rings. The van der Waals surface area contributed by atoms with Crippen molar-refractivity contribution in [2.75, 3.05) is 13.1 Å². The van der Waals surface area contributed by atoms with Crippen molar-refractivity contribution in [3.8, 4) is 0 Å². The SMILES string of the molecule is O=C(CCc1ccc(F)cc1)N1CC[C@]2(O)CCCC[C@@H]2C1. The summed E-state index contributed by atoms with van der Waals surface area (Å²) in [5, 5.41) is 10.7. The van der Waals surface area contributed by atoms with E-state index < -0.39 is 5.60 Å². The standard InChI is InChI=1S/C18H24FNO2/c19-16-7-4-14(5-8-16)6-9-17(21)20-12-11-18(22)10-2-1-3-15(18)13-20/h4-5,7-8,15,22H,1-3,6,9-13H2/t15-,18-/m1/s1. The van der Waals surface area contributed by atoms with Gasteiger partial charge in [0.25, 0.3) is 0 Å². The lowest BCUT2D eigenvalue weighted by molar-refractivity contribution is -0.143. The molecule has 1 amide bonds. The fourth-order valence-electron chi connectivity index (χ4n) is 3.86. The summed E-state index contributed by atoms with van der Waals surface area (Å²) in [6.07, 6.45) is 5.98. The van der Waals surface area contributed by atoms with Gasteiger partial charge in [0.2, 0.25) is 5.91 Å². The molecule has 0 bridgehead atoms. The molecule has 0 spiro atoms. The second-order valence-corrected chi connectivity index (χ2v) is 6.76. The number of piperidine rings is 1. The van der Waals surface area contributed by atoms with E-state index in [4.69, 9.17) is 0 Å². The molecule has 4 heteroatoms.